The Morgan fingerprint density at radius 3 is 2.41 bits per heavy atom. The zero-order chi connectivity index (χ0) is 29.1. The third kappa shape index (κ3) is 6.06. The van der Waals surface area contributed by atoms with Crippen molar-refractivity contribution in [3.8, 4) is 5.75 Å². The number of hydrogen-bond donors (Lipinski definition) is 0. The van der Waals surface area contributed by atoms with E-state index in [9.17, 15) is 19.7 Å². The number of ether oxygens (including phenoxy) is 2. The van der Waals surface area contributed by atoms with Gasteiger partial charge in [0.05, 0.1) is 33.4 Å². The van der Waals surface area contributed by atoms with Crippen molar-refractivity contribution in [2.45, 2.75) is 26.5 Å². The quantitative estimate of drug-likeness (QED) is 0.152. The largest absolute Gasteiger partial charge is 0.489 e. The second-order valence-corrected chi connectivity index (χ2v) is 11.1. The van der Waals surface area contributed by atoms with Crippen LogP contribution in [0.2, 0.25) is 0 Å². The number of esters is 1. The van der Waals surface area contributed by atoms with E-state index in [2.05, 4.69) is 20.9 Å². The molecule has 2 heterocycles. The van der Waals surface area contributed by atoms with Gasteiger partial charge in [0.1, 0.15) is 12.4 Å². The lowest BCUT2D eigenvalue weighted by Crippen LogP contribution is -2.39. The minimum Gasteiger partial charge on any atom is -0.489 e. The highest BCUT2D eigenvalue weighted by molar-refractivity contribution is 9.10. The van der Waals surface area contributed by atoms with E-state index in [4.69, 9.17) is 9.47 Å². The number of carbonyl (C=O) groups is 1. The first kappa shape index (κ1) is 28.2. The van der Waals surface area contributed by atoms with Crippen LogP contribution in [0.5, 0.6) is 5.75 Å². The Bertz CT molecular complexity index is 1830. The van der Waals surface area contributed by atoms with Crippen molar-refractivity contribution in [2.24, 2.45) is 4.99 Å². The van der Waals surface area contributed by atoms with E-state index in [1.54, 1.807) is 48.8 Å². The summed E-state index contributed by atoms with van der Waals surface area (Å²) in [6.07, 6.45) is 1.78. The molecule has 11 heteroatoms. The molecular formula is C30H24BrN3O6S. The van der Waals surface area contributed by atoms with Gasteiger partial charge in [0, 0.05) is 16.6 Å². The molecule has 41 heavy (non-hydrogen) atoms. The molecule has 0 spiro atoms. The molecule has 0 unspecified atom stereocenters. The van der Waals surface area contributed by atoms with Crippen LogP contribution in [-0.2, 0) is 16.1 Å². The third-order valence-electron chi connectivity index (χ3n) is 6.43. The lowest BCUT2D eigenvalue weighted by Gasteiger charge is -2.24. The number of nitro groups is 1. The maximum Gasteiger partial charge on any atom is 0.338 e. The second kappa shape index (κ2) is 12.0. The Morgan fingerprint density at radius 2 is 1.78 bits per heavy atom. The van der Waals surface area contributed by atoms with Gasteiger partial charge < -0.3 is 9.47 Å². The molecule has 4 aromatic rings. The number of non-ortho nitro benzene ring substituents is 1. The average Bonchev–Trinajstić information content (AvgIpc) is 3.26. The number of nitro benzene ring substituents is 1. The fraction of sp³-hybridized carbons (Fsp3) is 0.167. The van der Waals surface area contributed by atoms with E-state index < -0.39 is 16.9 Å². The number of carbonyl (C=O) groups excluding carboxylic acids is 1. The van der Waals surface area contributed by atoms with Gasteiger partial charge in [-0.25, -0.2) is 9.79 Å². The van der Waals surface area contributed by atoms with Crippen LogP contribution in [0.3, 0.4) is 0 Å². The van der Waals surface area contributed by atoms with E-state index in [1.165, 1.54) is 23.5 Å². The number of allylic oxidation sites excluding steroid dienone is 1. The van der Waals surface area contributed by atoms with E-state index in [0.717, 1.165) is 21.2 Å². The molecule has 0 radical (unpaired) electrons. The SMILES string of the molecule is CCOC(=O)C1=C(C)N=c2s/c(=C\c3ccc(OCc4ccc([N+](=O)[O-])cc4)cc3)c(=O)n2[C@H]1c1ccc(Br)cc1. The first-order valence-corrected chi connectivity index (χ1v) is 14.3. The highest BCUT2D eigenvalue weighted by Gasteiger charge is 2.33. The fourth-order valence-electron chi connectivity index (χ4n) is 4.44. The van der Waals surface area contributed by atoms with Crippen molar-refractivity contribution < 1.29 is 19.2 Å². The molecule has 1 aromatic heterocycles. The molecule has 0 saturated heterocycles. The summed E-state index contributed by atoms with van der Waals surface area (Å²) in [7, 11) is 0. The zero-order valence-corrected chi connectivity index (χ0v) is 24.5. The summed E-state index contributed by atoms with van der Waals surface area (Å²) in [6, 6.07) is 20.3. The lowest BCUT2D eigenvalue weighted by atomic mass is 9.96. The molecule has 0 bridgehead atoms. The van der Waals surface area contributed by atoms with Crippen molar-refractivity contribution >= 4 is 45.0 Å². The molecule has 0 N–H and O–H groups in total. The molecule has 0 amide bonds. The zero-order valence-electron chi connectivity index (χ0n) is 22.1. The molecule has 0 fully saturated rings. The van der Waals surface area contributed by atoms with Crippen LogP contribution in [0.1, 0.15) is 36.6 Å². The highest BCUT2D eigenvalue weighted by Crippen LogP contribution is 2.31. The Balaban J connectivity index is 1.44. The topological polar surface area (TPSA) is 113 Å². The average molecular weight is 635 g/mol. The number of benzene rings is 3. The number of halogens is 1. The van der Waals surface area contributed by atoms with Crippen LogP contribution < -0.4 is 19.6 Å². The summed E-state index contributed by atoms with van der Waals surface area (Å²) in [5.41, 5.74) is 2.99. The van der Waals surface area contributed by atoms with Gasteiger partial charge in [0.2, 0.25) is 0 Å². The number of aromatic nitrogens is 1. The predicted octanol–water partition coefficient (Wildman–Crippen LogP) is 5.05. The number of nitrogens with zero attached hydrogens (tertiary/aromatic N) is 3. The molecule has 1 atom stereocenters. The normalized spacial score (nSPS) is 14.8. The Morgan fingerprint density at radius 1 is 1.10 bits per heavy atom. The van der Waals surface area contributed by atoms with Gasteiger partial charge in [-0.2, -0.15) is 0 Å². The summed E-state index contributed by atoms with van der Waals surface area (Å²) in [6.45, 7) is 3.96. The van der Waals surface area contributed by atoms with Gasteiger partial charge in [-0.1, -0.05) is 51.5 Å². The van der Waals surface area contributed by atoms with Gasteiger partial charge in [-0.15, -0.1) is 0 Å². The maximum atomic E-state index is 13.7. The molecule has 3 aromatic carbocycles. The number of thiazole rings is 1. The number of hydrogen-bond acceptors (Lipinski definition) is 8. The summed E-state index contributed by atoms with van der Waals surface area (Å²) in [4.78, 5) is 42.2. The van der Waals surface area contributed by atoms with Crippen molar-refractivity contribution in [3.05, 3.63) is 135 Å². The second-order valence-electron chi connectivity index (χ2n) is 9.14. The molecule has 1 aliphatic heterocycles. The van der Waals surface area contributed by atoms with Gasteiger partial charge in [-0.05, 0) is 73.0 Å². The Labute approximate surface area is 247 Å². The van der Waals surface area contributed by atoms with Crippen molar-refractivity contribution in [1.82, 2.24) is 4.57 Å². The van der Waals surface area contributed by atoms with Crippen molar-refractivity contribution in [1.29, 1.82) is 0 Å². The number of rotatable bonds is 8. The van der Waals surface area contributed by atoms with Gasteiger partial charge in [-0.3, -0.25) is 19.5 Å². The maximum absolute atomic E-state index is 13.7. The smallest absolute Gasteiger partial charge is 0.338 e. The first-order valence-electron chi connectivity index (χ1n) is 12.7. The summed E-state index contributed by atoms with van der Waals surface area (Å²) in [5.74, 6) is 0.118. The van der Waals surface area contributed by atoms with E-state index in [-0.39, 0.29) is 24.5 Å². The molecule has 0 aliphatic carbocycles. The summed E-state index contributed by atoms with van der Waals surface area (Å²) >= 11 is 4.70. The first-order chi connectivity index (χ1) is 19.7. The van der Waals surface area contributed by atoms with Crippen molar-refractivity contribution in [3.63, 3.8) is 0 Å². The van der Waals surface area contributed by atoms with Crippen LogP contribution in [0.15, 0.2) is 98.3 Å². The van der Waals surface area contributed by atoms with Gasteiger partial charge in [0.25, 0.3) is 11.2 Å². The minimum atomic E-state index is -0.671. The van der Waals surface area contributed by atoms with Gasteiger partial charge >= 0.3 is 5.97 Å². The Hall–Kier alpha value is -4.35. The predicted molar refractivity (Wildman–Crippen MR) is 158 cm³/mol. The molecule has 5 rings (SSSR count). The van der Waals surface area contributed by atoms with Crippen molar-refractivity contribution in [2.75, 3.05) is 6.61 Å². The van der Waals surface area contributed by atoms with Crippen LogP contribution >= 0.6 is 27.3 Å². The van der Waals surface area contributed by atoms with E-state index in [1.807, 2.05) is 36.4 Å². The number of fused-ring (bicyclic) bond motifs is 1. The molecule has 208 valence electrons. The molecule has 1 aliphatic rings. The summed E-state index contributed by atoms with van der Waals surface area (Å²) in [5, 5.41) is 10.8. The Kier molecular flexibility index (Phi) is 8.27. The monoisotopic (exact) mass is 633 g/mol. The van der Waals surface area contributed by atoms with E-state index >= 15 is 0 Å². The van der Waals surface area contributed by atoms with Crippen LogP contribution in [0.25, 0.3) is 6.08 Å². The van der Waals surface area contributed by atoms with Crippen LogP contribution in [-0.4, -0.2) is 22.1 Å². The molecule has 9 nitrogen and oxygen atoms in total. The van der Waals surface area contributed by atoms with Crippen LogP contribution in [0.4, 0.5) is 5.69 Å². The third-order valence-corrected chi connectivity index (χ3v) is 7.94. The molecule has 0 saturated carbocycles. The van der Waals surface area contributed by atoms with Crippen LogP contribution in [0, 0.1) is 10.1 Å². The van der Waals surface area contributed by atoms with Gasteiger partial charge in [0.15, 0.2) is 4.80 Å². The standard InChI is InChI=1S/C30H24BrN3O6S/c1-3-39-29(36)26-18(2)32-30-33(27(26)21-8-10-22(31)11-9-21)28(35)25(41-30)16-19-6-14-24(15-7-19)40-17-20-4-12-23(13-5-20)34(37)38/h4-16,27H,3,17H2,1-2H3/b25-16-/t27-/m0/s1. The summed E-state index contributed by atoms with van der Waals surface area (Å²) < 4.78 is 14.1. The molecular weight excluding hydrogens is 610 g/mol. The van der Waals surface area contributed by atoms with E-state index in [0.29, 0.717) is 26.4 Å². The highest BCUT2D eigenvalue weighted by atomic mass is 79.9. The minimum absolute atomic E-state index is 0.0267. The fourth-order valence-corrected chi connectivity index (χ4v) is 5.76. The lowest BCUT2D eigenvalue weighted by molar-refractivity contribution is -0.384.